The minimum Gasteiger partial charge on any atom is -0.350 e. The molecule has 4 rings (SSSR count). The van der Waals surface area contributed by atoms with Gasteiger partial charge >= 0.3 is 0 Å². The van der Waals surface area contributed by atoms with Crippen LogP contribution in [0.2, 0.25) is 5.02 Å². The molecule has 0 spiro atoms. The summed E-state index contributed by atoms with van der Waals surface area (Å²) in [6.07, 6.45) is 6.08. The minimum atomic E-state index is -3.47. The van der Waals surface area contributed by atoms with Crippen molar-refractivity contribution in [3.05, 3.63) is 63.7 Å². The maximum absolute atomic E-state index is 12.6. The summed E-state index contributed by atoms with van der Waals surface area (Å²) in [7, 11) is -3.47. The van der Waals surface area contributed by atoms with Crippen LogP contribution in [0.4, 0.5) is 4.79 Å². The van der Waals surface area contributed by atoms with E-state index >= 15 is 0 Å². The average Bonchev–Trinajstić information content (AvgIpc) is 3.01. The summed E-state index contributed by atoms with van der Waals surface area (Å²) in [5.41, 5.74) is 1.07. The summed E-state index contributed by atoms with van der Waals surface area (Å²) in [6.45, 7) is 0.310. The number of nitrogens with zero attached hydrogens (tertiary/aromatic N) is 3. The highest BCUT2D eigenvalue weighted by Crippen LogP contribution is 2.32. The number of amides is 3. The molecular weight excluding hydrogens is 476 g/mol. The van der Waals surface area contributed by atoms with Crippen molar-refractivity contribution in [1.29, 1.82) is 0 Å². The highest BCUT2D eigenvalue weighted by Gasteiger charge is 2.34. The maximum atomic E-state index is 12.6. The normalized spacial score (nSPS) is 20.8. The van der Waals surface area contributed by atoms with Crippen molar-refractivity contribution < 1.29 is 22.8 Å². The summed E-state index contributed by atoms with van der Waals surface area (Å²) >= 11 is 6.70. The molecular formula is C20H17ClN4O5S2. The second kappa shape index (κ2) is 8.93. The van der Waals surface area contributed by atoms with E-state index in [2.05, 4.69) is 9.71 Å². The maximum Gasteiger partial charge on any atom is 0.293 e. The van der Waals surface area contributed by atoms with Gasteiger partial charge in [-0.25, -0.2) is 8.42 Å². The van der Waals surface area contributed by atoms with Gasteiger partial charge in [-0.15, -0.1) is 4.40 Å². The third kappa shape index (κ3) is 4.95. The van der Waals surface area contributed by atoms with E-state index in [-0.39, 0.29) is 31.2 Å². The van der Waals surface area contributed by atoms with Crippen LogP contribution in [0, 0.1) is 0 Å². The second-order valence-electron chi connectivity index (χ2n) is 6.99. The predicted molar refractivity (Wildman–Crippen MR) is 122 cm³/mol. The van der Waals surface area contributed by atoms with Gasteiger partial charge in [0, 0.05) is 30.9 Å². The van der Waals surface area contributed by atoms with Crippen LogP contribution in [0.25, 0.3) is 6.08 Å². The van der Waals surface area contributed by atoms with E-state index in [4.69, 9.17) is 11.6 Å². The fraction of sp³-hybridized carbons (Fsp3) is 0.200. The third-order valence-corrected chi connectivity index (χ3v) is 7.07. The third-order valence-electron chi connectivity index (χ3n) is 4.75. The van der Waals surface area contributed by atoms with E-state index in [1.165, 1.54) is 18.4 Å². The van der Waals surface area contributed by atoms with Gasteiger partial charge in [0.25, 0.3) is 27.1 Å². The Kier molecular flexibility index (Phi) is 6.22. The molecule has 3 aliphatic rings. The molecule has 0 unspecified atom stereocenters. The topological polar surface area (TPSA) is 116 Å². The smallest absolute Gasteiger partial charge is 0.293 e. The Labute approximate surface area is 193 Å². The molecule has 0 atom stereocenters. The van der Waals surface area contributed by atoms with E-state index in [1.54, 1.807) is 35.2 Å². The molecule has 0 radical (unpaired) electrons. The number of carbonyl (C=O) groups excluding carboxylic acids is 3. The lowest BCUT2D eigenvalue weighted by atomic mass is 10.2. The van der Waals surface area contributed by atoms with Gasteiger partial charge in [-0.3, -0.25) is 19.3 Å². The number of hydrogen-bond donors (Lipinski definition) is 1. The Hall–Kier alpha value is -2.89. The molecule has 0 aliphatic carbocycles. The number of thioether (sulfide) groups is 1. The van der Waals surface area contributed by atoms with E-state index in [0.29, 0.717) is 15.5 Å². The molecule has 32 heavy (non-hydrogen) atoms. The Morgan fingerprint density at radius 2 is 1.97 bits per heavy atom. The van der Waals surface area contributed by atoms with Crippen molar-refractivity contribution in [3.63, 3.8) is 0 Å². The lowest BCUT2D eigenvalue weighted by Gasteiger charge is -2.27. The molecule has 12 heteroatoms. The van der Waals surface area contributed by atoms with Crippen LogP contribution in [0.15, 0.2) is 57.5 Å². The van der Waals surface area contributed by atoms with E-state index in [9.17, 15) is 22.8 Å². The lowest BCUT2D eigenvalue weighted by molar-refractivity contribution is -0.123. The van der Waals surface area contributed by atoms with Gasteiger partial charge in [-0.05, 0) is 47.7 Å². The van der Waals surface area contributed by atoms with Crippen molar-refractivity contribution in [1.82, 2.24) is 15.1 Å². The zero-order valence-corrected chi connectivity index (χ0v) is 18.9. The number of halogens is 1. The van der Waals surface area contributed by atoms with Crippen LogP contribution in [-0.4, -0.2) is 66.5 Å². The molecule has 1 N–H and O–H groups in total. The monoisotopic (exact) mass is 492 g/mol. The van der Waals surface area contributed by atoms with Gasteiger partial charge in [0.05, 0.1) is 16.2 Å². The molecule has 3 aliphatic heterocycles. The van der Waals surface area contributed by atoms with Crippen LogP contribution in [0.5, 0.6) is 0 Å². The summed E-state index contributed by atoms with van der Waals surface area (Å²) in [6, 6.07) is 6.88. The Morgan fingerprint density at radius 1 is 1.22 bits per heavy atom. The first-order chi connectivity index (χ1) is 15.2. The molecule has 9 nitrogen and oxygen atoms in total. The van der Waals surface area contributed by atoms with Gasteiger partial charge in [-0.2, -0.15) is 0 Å². The van der Waals surface area contributed by atoms with Gasteiger partial charge in [0.2, 0.25) is 0 Å². The minimum absolute atomic E-state index is 0.0278. The van der Waals surface area contributed by atoms with Crippen LogP contribution < -0.4 is 5.32 Å². The zero-order valence-electron chi connectivity index (χ0n) is 16.5. The number of benzene rings is 1. The lowest BCUT2D eigenvalue weighted by Crippen LogP contribution is -2.40. The average molecular weight is 493 g/mol. The Morgan fingerprint density at radius 3 is 2.72 bits per heavy atom. The first kappa shape index (κ1) is 22.3. The Bertz CT molecular complexity index is 1220. The molecule has 3 amide bonds. The summed E-state index contributed by atoms with van der Waals surface area (Å²) in [4.78, 5) is 40.2. The molecule has 0 aromatic heterocycles. The fourth-order valence-electron chi connectivity index (χ4n) is 3.12. The van der Waals surface area contributed by atoms with Gasteiger partial charge in [0.1, 0.15) is 5.84 Å². The van der Waals surface area contributed by atoms with Crippen LogP contribution in [-0.2, 0) is 19.6 Å². The number of fused-ring (bicyclic) bond motifs is 1. The van der Waals surface area contributed by atoms with Crippen LogP contribution in [0.1, 0.15) is 5.56 Å². The summed E-state index contributed by atoms with van der Waals surface area (Å²) in [5.74, 6) is -0.690. The number of hydrogen-bond acceptors (Lipinski definition) is 7. The highest BCUT2D eigenvalue weighted by molar-refractivity contribution is 8.18. The summed E-state index contributed by atoms with van der Waals surface area (Å²) < 4.78 is 26.8. The number of sulfonamides is 1. The number of imide groups is 1. The van der Waals surface area contributed by atoms with Crippen molar-refractivity contribution in [2.75, 3.05) is 25.4 Å². The molecule has 166 valence electrons. The molecule has 0 saturated carbocycles. The standard InChI is InChI=1S/C20H17ClN4O5S2/c21-15-4-1-13(2-5-15)11-16-19(27)25(20(28)31-16)8-7-22-18(26)14-3-6-17-23-32(29,30)10-9-24(17)12-14/h1-6,11-12H,7-10H2,(H,22,26)/b16-11-. The molecule has 1 saturated heterocycles. The number of rotatable bonds is 5. The van der Waals surface area contributed by atoms with E-state index < -0.39 is 27.1 Å². The predicted octanol–water partition coefficient (Wildman–Crippen LogP) is 1.99. The SMILES string of the molecule is O=C(NCCN1C(=O)S/C(=C\c2ccc(Cl)cc2)C1=O)C1=CN2CCS(=O)(=O)N=C2C=C1. The Balaban J connectivity index is 1.33. The van der Waals surface area contributed by atoms with Gasteiger partial charge < -0.3 is 10.2 Å². The first-order valence-corrected chi connectivity index (χ1v) is 12.3. The van der Waals surface area contributed by atoms with Crippen molar-refractivity contribution in [2.45, 2.75) is 0 Å². The highest BCUT2D eigenvalue weighted by atomic mass is 35.5. The zero-order chi connectivity index (χ0) is 22.9. The van der Waals surface area contributed by atoms with Gasteiger partial charge in [-0.1, -0.05) is 23.7 Å². The molecule has 3 heterocycles. The first-order valence-electron chi connectivity index (χ1n) is 9.50. The van der Waals surface area contributed by atoms with Crippen molar-refractivity contribution in [3.8, 4) is 0 Å². The second-order valence-corrected chi connectivity index (χ2v) is 10.2. The quantitative estimate of drug-likeness (QED) is 0.625. The largest absolute Gasteiger partial charge is 0.350 e. The van der Waals surface area contributed by atoms with Crippen LogP contribution in [0.3, 0.4) is 0 Å². The number of carbonyl (C=O) groups is 3. The van der Waals surface area contributed by atoms with Crippen molar-refractivity contribution in [2.24, 2.45) is 4.40 Å². The van der Waals surface area contributed by atoms with Crippen LogP contribution >= 0.6 is 23.4 Å². The fourth-order valence-corrected chi connectivity index (χ4v) is 5.08. The summed E-state index contributed by atoms with van der Waals surface area (Å²) in [5, 5.41) is 2.84. The molecule has 1 aromatic carbocycles. The molecule has 1 aromatic rings. The number of amidine groups is 1. The van der Waals surface area contributed by atoms with E-state index in [1.807, 2.05) is 0 Å². The number of nitrogens with one attached hydrogen (secondary N) is 1. The molecule has 1 fully saturated rings. The van der Waals surface area contributed by atoms with E-state index in [0.717, 1.165) is 22.2 Å². The molecule has 0 bridgehead atoms. The van der Waals surface area contributed by atoms with Crippen molar-refractivity contribution >= 4 is 62.4 Å². The van der Waals surface area contributed by atoms with Gasteiger partial charge in [0.15, 0.2) is 0 Å².